The minimum atomic E-state index is -3.94. The van der Waals surface area contributed by atoms with Crippen LogP contribution in [0.3, 0.4) is 0 Å². The molecule has 5 rings (SSSR count). The van der Waals surface area contributed by atoms with Crippen LogP contribution in [0.5, 0.6) is 5.75 Å². The number of amides is 1. The average molecular weight is 489 g/mol. The van der Waals surface area contributed by atoms with Crippen molar-refractivity contribution in [2.45, 2.75) is 43.5 Å². The lowest BCUT2D eigenvalue weighted by Crippen LogP contribution is -2.38. The van der Waals surface area contributed by atoms with Crippen LogP contribution >= 0.6 is 11.6 Å². The van der Waals surface area contributed by atoms with E-state index in [4.69, 9.17) is 20.9 Å². The highest BCUT2D eigenvalue weighted by Crippen LogP contribution is 2.37. The Morgan fingerprint density at radius 1 is 1.21 bits per heavy atom. The van der Waals surface area contributed by atoms with E-state index in [0.29, 0.717) is 39.4 Å². The van der Waals surface area contributed by atoms with Crippen molar-refractivity contribution in [2.24, 2.45) is 0 Å². The maximum Gasteiger partial charge on any atom is 0.265 e. The standard InChI is InChI=1S/C22H21ClN4O5S/c1-13-9-15(23)5-7-17(13)26-33(29,30)16-6-8-19-18(10-16)27(21(28)12-31-19)11-20-24-22(32-25-20)14-3-2-4-14/h5-10,14,26H,2-4,11-12H2,1H3. The maximum absolute atomic E-state index is 13.1. The molecule has 33 heavy (non-hydrogen) atoms. The van der Waals surface area contributed by atoms with Gasteiger partial charge in [-0.2, -0.15) is 4.98 Å². The summed E-state index contributed by atoms with van der Waals surface area (Å²) in [5, 5.41) is 4.51. The van der Waals surface area contributed by atoms with Gasteiger partial charge in [0.2, 0.25) is 5.89 Å². The Bertz CT molecular complexity index is 1340. The molecule has 2 heterocycles. The highest BCUT2D eigenvalue weighted by molar-refractivity contribution is 7.92. The lowest BCUT2D eigenvalue weighted by molar-refractivity contribution is -0.121. The first-order chi connectivity index (χ1) is 15.8. The summed E-state index contributed by atoms with van der Waals surface area (Å²) in [4.78, 5) is 18.5. The van der Waals surface area contributed by atoms with Crippen molar-refractivity contribution in [3.05, 3.63) is 58.7 Å². The van der Waals surface area contributed by atoms with Gasteiger partial charge in [0.25, 0.3) is 15.9 Å². The Hall–Kier alpha value is -3.11. The van der Waals surface area contributed by atoms with Crippen LogP contribution in [0.15, 0.2) is 45.8 Å². The number of nitrogens with zero attached hydrogens (tertiary/aromatic N) is 3. The van der Waals surface area contributed by atoms with E-state index in [1.54, 1.807) is 25.1 Å². The number of anilines is 2. The van der Waals surface area contributed by atoms with Gasteiger partial charge in [0.15, 0.2) is 12.4 Å². The normalized spacial score (nSPS) is 16.2. The summed E-state index contributed by atoms with van der Waals surface area (Å²) in [6.45, 7) is 1.65. The van der Waals surface area contributed by atoms with Gasteiger partial charge in [0.1, 0.15) is 5.75 Å². The summed E-state index contributed by atoms with van der Waals surface area (Å²) < 4.78 is 39.6. The van der Waals surface area contributed by atoms with E-state index in [9.17, 15) is 13.2 Å². The molecule has 172 valence electrons. The number of carbonyl (C=O) groups excluding carboxylic acids is 1. The third-order valence-corrected chi connectivity index (χ3v) is 7.45. The number of fused-ring (bicyclic) bond motifs is 1. The second-order valence-electron chi connectivity index (χ2n) is 8.14. The predicted octanol–water partition coefficient (Wildman–Crippen LogP) is 4.03. The van der Waals surface area contributed by atoms with Gasteiger partial charge in [-0.05, 0) is 61.7 Å². The van der Waals surface area contributed by atoms with E-state index < -0.39 is 10.0 Å². The Morgan fingerprint density at radius 3 is 2.76 bits per heavy atom. The molecule has 1 aromatic heterocycles. The van der Waals surface area contributed by atoms with Gasteiger partial charge in [-0.15, -0.1) is 0 Å². The fourth-order valence-electron chi connectivity index (χ4n) is 3.76. The number of rotatable bonds is 6. The molecule has 1 fully saturated rings. The first kappa shape index (κ1) is 21.7. The van der Waals surface area contributed by atoms with E-state index in [2.05, 4.69) is 14.9 Å². The zero-order chi connectivity index (χ0) is 23.2. The molecule has 0 saturated heterocycles. The van der Waals surface area contributed by atoms with Crippen LogP contribution in [0.25, 0.3) is 0 Å². The third kappa shape index (κ3) is 4.28. The first-order valence-electron chi connectivity index (χ1n) is 10.5. The van der Waals surface area contributed by atoms with Gasteiger partial charge >= 0.3 is 0 Å². The number of benzene rings is 2. The summed E-state index contributed by atoms with van der Waals surface area (Å²) in [6, 6.07) is 9.26. The number of nitrogens with one attached hydrogen (secondary N) is 1. The summed E-state index contributed by atoms with van der Waals surface area (Å²) in [5.41, 5.74) is 1.43. The molecule has 1 saturated carbocycles. The molecule has 1 aliphatic carbocycles. The largest absolute Gasteiger partial charge is 0.482 e. The molecule has 0 bridgehead atoms. The highest BCUT2D eigenvalue weighted by Gasteiger charge is 2.31. The molecule has 11 heteroatoms. The van der Waals surface area contributed by atoms with Crippen molar-refractivity contribution in [3.8, 4) is 5.75 Å². The molecular formula is C22H21ClN4O5S. The van der Waals surface area contributed by atoms with Crippen LogP contribution in [0.2, 0.25) is 5.02 Å². The molecule has 2 aliphatic rings. The Kier molecular flexibility index (Phi) is 5.49. The maximum atomic E-state index is 13.1. The summed E-state index contributed by atoms with van der Waals surface area (Å²) in [7, 11) is -3.94. The number of sulfonamides is 1. The Morgan fingerprint density at radius 2 is 2.03 bits per heavy atom. The molecule has 1 amide bonds. The van der Waals surface area contributed by atoms with E-state index in [-0.39, 0.29) is 29.9 Å². The predicted molar refractivity (Wildman–Crippen MR) is 121 cm³/mol. The molecule has 0 radical (unpaired) electrons. The van der Waals surface area contributed by atoms with Crippen molar-refractivity contribution in [2.75, 3.05) is 16.2 Å². The van der Waals surface area contributed by atoms with Crippen LogP contribution < -0.4 is 14.4 Å². The van der Waals surface area contributed by atoms with E-state index in [1.807, 2.05) is 0 Å². The Balaban J connectivity index is 1.43. The minimum Gasteiger partial charge on any atom is -0.482 e. The molecule has 2 aromatic carbocycles. The number of hydrogen-bond acceptors (Lipinski definition) is 7. The molecule has 1 aliphatic heterocycles. The second-order valence-corrected chi connectivity index (χ2v) is 10.3. The van der Waals surface area contributed by atoms with Crippen molar-refractivity contribution in [1.29, 1.82) is 0 Å². The van der Waals surface area contributed by atoms with Crippen molar-refractivity contribution >= 4 is 38.9 Å². The summed E-state index contributed by atoms with van der Waals surface area (Å²) in [5.74, 6) is 1.29. The van der Waals surface area contributed by atoms with Crippen LogP contribution in [-0.2, 0) is 21.4 Å². The quantitative estimate of drug-likeness (QED) is 0.557. The minimum absolute atomic E-state index is 0.0119. The van der Waals surface area contributed by atoms with Gasteiger partial charge in [-0.1, -0.05) is 23.2 Å². The third-order valence-electron chi connectivity index (χ3n) is 5.85. The topological polar surface area (TPSA) is 115 Å². The highest BCUT2D eigenvalue weighted by atomic mass is 35.5. The van der Waals surface area contributed by atoms with Gasteiger partial charge in [0.05, 0.1) is 22.8 Å². The first-order valence-corrected chi connectivity index (χ1v) is 12.3. The summed E-state index contributed by atoms with van der Waals surface area (Å²) >= 11 is 5.97. The number of hydrogen-bond donors (Lipinski definition) is 1. The van der Waals surface area contributed by atoms with Gasteiger partial charge in [0, 0.05) is 10.9 Å². The van der Waals surface area contributed by atoms with Crippen molar-refractivity contribution in [1.82, 2.24) is 10.1 Å². The molecule has 0 atom stereocenters. The van der Waals surface area contributed by atoms with Crippen LogP contribution in [0, 0.1) is 6.92 Å². The van der Waals surface area contributed by atoms with E-state index >= 15 is 0 Å². The van der Waals surface area contributed by atoms with E-state index in [1.165, 1.54) is 23.1 Å². The monoisotopic (exact) mass is 488 g/mol. The number of ether oxygens (including phenoxy) is 1. The second kappa shape index (κ2) is 8.35. The van der Waals surface area contributed by atoms with Gasteiger partial charge in [-0.3, -0.25) is 14.4 Å². The smallest absolute Gasteiger partial charge is 0.265 e. The number of halogens is 1. The van der Waals surface area contributed by atoms with Gasteiger partial charge in [-0.25, -0.2) is 8.42 Å². The van der Waals surface area contributed by atoms with Crippen LogP contribution in [-0.4, -0.2) is 31.1 Å². The molecule has 9 nitrogen and oxygen atoms in total. The molecule has 0 unspecified atom stereocenters. The fourth-order valence-corrected chi connectivity index (χ4v) is 5.14. The van der Waals surface area contributed by atoms with Crippen LogP contribution in [0.1, 0.15) is 42.5 Å². The fraction of sp³-hybridized carbons (Fsp3) is 0.318. The average Bonchev–Trinajstić information content (AvgIpc) is 3.18. The molecule has 0 spiro atoms. The molecular weight excluding hydrogens is 468 g/mol. The number of aromatic nitrogens is 2. The Labute approximate surface area is 195 Å². The number of aryl methyl sites for hydroxylation is 1. The SMILES string of the molecule is Cc1cc(Cl)ccc1NS(=O)(=O)c1ccc2c(c1)N(Cc1noc(C3CCC3)n1)C(=O)CO2. The molecule has 1 N–H and O–H groups in total. The van der Waals surface area contributed by atoms with Crippen molar-refractivity contribution < 1.29 is 22.5 Å². The lowest BCUT2D eigenvalue weighted by atomic mass is 9.85. The number of carbonyl (C=O) groups is 1. The zero-order valence-electron chi connectivity index (χ0n) is 17.7. The van der Waals surface area contributed by atoms with E-state index in [0.717, 1.165) is 19.3 Å². The van der Waals surface area contributed by atoms with Gasteiger partial charge < -0.3 is 9.26 Å². The van der Waals surface area contributed by atoms with Crippen LogP contribution in [0.4, 0.5) is 11.4 Å². The lowest BCUT2D eigenvalue weighted by Gasteiger charge is -2.28. The zero-order valence-corrected chi connectivity index (χ0v) is 19.3. The molecule has 3 aromatic rings. The summed E-state index contributed by atoms with van der Waals surface area (Å²) in [6.07, 6.45) is 3.17. The van der Waals surface area contributed by atoms with Crippen molar-refractivity contribution in [3.63, 3.8) is 0 Å².